The van der Waals surface area contributed by atoms with E-state index in [4.69, 9.17) is 14.2 Å². The normalized spacial score (nSPS) is 40.5. The molecule has 0 saturated carbocycles. The Morgan fingerprint density at radius 2 is 2.14 bits per heavy atom. The van der Waals surface area contributed by atoms with Gasteiger partial charge in [0.1, 0.15) is 0 Å². The Bertz CT molecular complexity index is 433. The van der Waals surface area contributed by atoms with E-state index in [1.165, 1.54) is 7.11 Å². The minimum Gasteiger partial charge on any atom is -0.469 e. The summed E-state index contributed by atoms with van der Waals surface area (Å²) in [5.74, 6) is -0.456. The number of carbonyl (C=O) groups excluding carboxylic acids is 1. The summed E-state index contributed by atoms with van der Waals surface area (Å²) < 4.78 is 17.7. The summed E-state index contributed by atoms with van der Waals surface area (Å²) in [6.45, 7) is 12.5. The smallest absolute Gasteiger partial charge is 0.311 e. The Kier molecular flexibility index (Phi) is 5.33. The Labute approximate surface area is 134 Å². The van der Waals surface area contributed by atoms with Crippen molar-refractivity contribution in [2.45, 2.75) is 71.4 Å². The third-order valence-electron chi connectivity index (χ3n) is 5.40. The first-order valence-corrected chi connectivity index (χ1v) is 8.45. The van der Waals surface area contributed by atoms with Gasteiger partial charge in [-0.1, -0.05) is 27.4 Å². The molecule has 2 fully saturated rings. The van der Waals surface area contributed by atoms with Crippen molar-refractivity contribution in [3.05, 3.63) is 12.2 Å². The van der Waals surface area contributed by atoms with E-state index in [1.54, 1.807) is 0 Å². The first kappa shape index (κ1) is 17.5. The van der Waals surface area contributed by atoms with E-state index in [0.29, 0.717) is 11.8 Å². The second kappa shape index (κ2) is 6.71. The van der Waals surface area contributed by atoms with Gasteiger partial charge in [0.25, 0.3) is 0 Å². The summed E-state index contributed by atoms with van der Waals surface area (Å²) in [7, 11) is 1.43. The van der Waals surface area contributed by atoms with Gasteiger partial charge < -0.3 is 14.2 Å². The highest BCUT2D eigenvalue weighted by molar-refractivity contribution is 5.72. The van der Waals surface area contributed by atoms with Crippen molar-refractivity contribution >= 4 is 5.97 Å². The van der Waals surface area contributed by atoms with E-state index < -0.39 is 5.79 Å². The maximum atomic E-state index is 11.9. The van der Waals surface area contributed by atoms with Crippen LogP contribution >= 0.6 is 0 Å². The molecule has 0 amide bonds. The van der Waals surface area contributed by atoms with Gasteiger partial charge in [0, 0.05) is 12.3 Å². The monoisotopic (exact) mass is 310 g/mol. The number of hydrogen-bond acceptors (Lipinski definition) is 4. The highest BCUT2D eigenvalue weighted by Crippen LogP contribution is 2.47. The molecule has 4 heteroatoms. The van der Waals surface area contributed by atoms with Crippen LogP contribution in [0.1, 0.15) is 53.4 Å². The van der Waals surface area contributed by atoms with Gasteiger partial charge in [-0.05, 0) is 37.7 Å². The number of carbonyl (C=O) groups is 1. The fourth-order valence-corrected chi connectivity index (χ4v) is 3.95. The Morgan fingerprint density at radius 1 is 1.45 bits per heavy atom. The van der Waals surface area contributed by atoms with Crippen LogP contribution in [0, 0.1) is 17.8 Å². The molecule has 6 atom stereocenters. The Balaban J connectivity index is 2.21. The first-order chi connectivity index (χ1) is 10.3. The average molecular weight is 310 g/mol. The summed E-state index contributed by atoms with van der Waals surface area (Å²) >= 11 is 0. The van der Waals surface area contributed by atoms with Crippen molar-refractivity contribution < 1.29 is 19.0 Å². The molecule has 1 spiro atoms. The van der Waals surface area contributed by atoms with Crippen LogP contribution in [0.5, 0.6) is 0 Å². The molecule has 0 aromatic carbocycles. The SMILES string of the molecule is C=C1CC[C@]2(O[C@H]([C@@H](C)C(=O)OC)[C@@H](C)C[C@@H]2C)O[C@@H]1CC. The van der Waals surface area contributed by atoms with Gasteiger partial charge in [0.2, 0.25) is 0 Å². The van der Waals surface area contributed by atoms with E-state index in [-0.39, 0.29) is 24.1 Å². The van der Waals surface area contributed by atoms with Gasteiger partial charge in [-0.3, -0.25) is 4.79 Å². The van der Waals surface area contributed by atoms with Crippen molar-refractivity contribution in [3.8, 4) is 0 Å². The molecule has 2 heterocycles. The van der Waals surface area contributed by atoms with E-state index >= 15 is 0 Å². The number of methoxy groups -OCH3 is 1. The molecule has 0 aliphatic carbocycles. The van der Waals surface area contributed by atoms with Crippen molar-refractivity contribution in [2.75, 3.05) is 7.11 Å². The molecule has 2 aliphatic rings. The lowest BCUT2D eigenvalue weighted by atomic mass is 9.77. The summed E-state index contributed by atoms with van der Waals surface area (Å²) in [6.07, 6.45) is 3.54. The summed E-state index contributed by atoms with van der Waals surface area (Å²) in [5.41, 5.74) is 1.15. The van der Waals surface area contributed by atoms with E-state index in [9.17, 15) is 4.79 Å². The zero-order chi connectivity index (χ0) is 16.5. The molecule has 126 valence electrons. The minimum atomic E-state index is -0.582. The third kappa shape index (κ3) is 3.09. The molecule has 0 bridgehead atoms. The molecule has 0 aromatic heterocycles. The average Bonchev–Trinajstić information content (AvgIpc) is 2.51. The van der Waals surface area contributed by atoms with Gasteiger partial charge in [-0.25, -0.2) is 0 Å². The zero-order valence-electron chi connectivity index (χ0n) is 14.6. The predicted octanol–water partition coefficient (Wildman–Crippen LogP) is 3.70. The highest BCUT2D eigenvalue weighted by Gasteiger charge is 2.51. The second-order valence-corrected chi connectivity index (χ2v) is 6.99. The lowest BCUT2D eigenvalue weighted by Crippen LogP contribution is -2.57. The van der Waals surface area contributed by atoms with Crippen LogP contribution in [0.2, 0.25) is 0 Å². The van der Waals surface area contributed by atoms with Crippen LogP contribution in [-0.2, 0) is 19.0 Å². The fraction of sp³-hybridized carbons (Fsp3) is 0.833. The topological polar surface area (TPSA) is 44.8 Å². The Hall–Kier alpha value is -0.870. The van der Waals surface area contributed by atoms with E-state index in [1.807, 2.05) is 6.92 Å². The summed E-state index contributed by atoms with van der Waals surface area (Å²) in [5, 5.41) is 0. The maximum absolute atomic E-state index is 11.9. The van der Waals surface area contributed by atoms with E-state index in [2.05, 4.69) is 27.4 Å². The van der Waals surface area contributed by atoms with Crippen LogP contribution < -0.4 is 0 Å². The zero-order valence-corrected chi connectivity index (χ0v) is 14.6. The van der Waals surface area contributed by atoms with E-state index in [0.717, 1.165) is 31.3 Å². The largest absolute Gasteiger partial charge is 0.469 e. The minimum absolute atomic E-state index is 0.0543. The first-order valence-electron chi connectivity index (χ1n) is 8.45. The number of esters is 1. The molecule has 0 unspecified atom stereocenters. The predicted molar refractivity (Wildman–Crippen MR) is 85.3 cm³/mol. The standard InChI is InChI=1S/C18H30O4/c1-7-15-11(2)8-9-18(21-15)13(4)10-12(3)16(22-18)14(5)17(19)20-6/h12-16H,2,7-10H2,1,3-6H3/t12-,13-,14+,15+,16-,18+/m0/s1. The van der Waals surface area contributed by atoms with Gasteiger partial charge in [0.05, 0.1) is 25.2 Å². The molecule has 2 rings (SSSR count). The third-order valence-corrected chi connectivity index (χ3v) is 5.40. The summed E-state index contributed by atoms with van der Waals surface area (Å²) in [4.78, 5) is 11.9. The molecule has 0 aromatic rings. The van der Waals surface area contributed by atoms with Gasteiger partial charge in [-0.2, -0.15) is 0 Å². The number of rotatable bonds is 3. The maximum Gasteiger partial charge on any atom is 0.311 e. The van der Waals surface area contributed by atoms with Gasteiger partial charge in [-0.15, -0.1) is 0 Å². The van der Waals surface area contributed by atoms with Crippen molar-refractivity contribution in [2.24, 2.45) is 17.8 Å². The fourth-order valence-electron chi connectivity index (χ4n) is 3.95. The molecule has 4 nitrogen and oxygen atoms in total. The number of hydrogen-bond donors (Lipinski definition) is 0. The molecule has 0 N–H and O–H groups in total. The lowest BCUT2D eigenvalue weighted by molar-refractivity contribution is -0.341. The molecule has 2 saturated heterocycles. The van der Waals surface area contributed by atoms with Crippen molar-refractivity contribution in [1.29, 1.82) is 0 Å². The molecule has 0 radical (unpaired) electrons. The van der Waals surface area contributed by atoms with Crippen molar-refractivity contribution in [1.82, 2.24) is 0 Å². The molecule has 2 aliphatic heterocycles. The van der Waals surface area contributed by atoms with Crippen LogP contribution in [0.25, 0.3) is 0 Å². The molecular formula is C18H30O4. The van der Waals surface area contributed by atoms with Crippen LogP contribution in [-0.4, -0.2) is 31.1 Å². The van der Waals surface area contributed by atoms with Crippen LogP contribution in [0.15, 0.2) is 12.2 Å². The lowest BCUT2D eigenvalue weighted by Gasteiger charge is -2.52. The van der Waals surface area contributed by atoms with Crippen molar-refractivity contribution in [3.63, 3.8) is 0 Å². The van der Waals surface area contributed by atoms with Crippen LogP contribution in [0.3, 0.4) is 0 Å². The van der Waals surface area contributed by atoms with Crippen LogP contribution in [0.4, 0.5) is 0 Å². The van der Waals surface area contributed by atoms with Gasteiger partial charge in [0.15, 0.2) is 5.79 Å². The Morgan fingerprint density at radius 3 is 2.73 bits per heavy atom. The number of ether oxygens (including phenoxy) is 3. The van der Waals surface area contributed by atoms with Gasteiger partial charge >= 0.3 is 5.97 Å². The quantitative estimate of drug-likeness (QED) is 0.589. The highest BCUT2D eigenvalue weighted by atomic mass is 16.7. The summed E-state index contributed by atoms with van der Waals surface area (Å²) in [6, 6.07) is 0. The second-order valence-electron chi connectivity index (χ2n) is 6.99. The molecule has 22 heavy (non-hydrogen) atoms. The molecular weight excluding hydrogens is 280 g/mol.